The van der Waals surface area contributed by atoms with Gasteiger partial charge >= 0.3 is 6.03 Å². The molecule has 0 spiro atoms. The Morgan fingerprint density at radius 1 is 1.24 bits per heavy atom. The SMILES string of the molecule is CCOc1ccc(CCC2CCN(CCC(=O)NC(N)=O)CC2)cc1. The van der Waals surface area contributed by atoms with Gasteiger partial charge in [0.1, 0.15) is 5.75 Å². The molecule has 0 radical (unpaired) electrons. The van der Waals surface area contributed by atoms with Crippen molar-refractivity contribution in [2.45, 2.75) is 39.0 Å². The topological polar surface area (TPSA) is 84.7 Å². The molecule has 6 heteroatoms. The number of imide groups is 1. The Balaban J connectivity index is 1.63. The molecule has 3 amide bonds. The molecule has 1 heterocycles. The number of rotatable bonds is 8. The summed E-state index contributed by atoms with van der Waals surface area (Å²) in [5.41, 5.74) is 6.29. The van der Waals surface area contributed by atoms with Crippen molar-refractivity contribution in [3.05, 3.63) is 29.8 Å². The monoisotopic (exact) mass is 347 g/mol. The van der Waals surface area contributed by atoms with Crippen molar-refractivity contribution in [2.75, 3.05) is 26.2 Å². The van der Waals surface area contributed by atoms with E-state index in [2.05, 4.69) is 22.3 Å². The van der Waals surface area contributed by atoms with Gasteiger partial charge in [0.25, 0.3) is 0 Å². The van der Waals surface area contributed by atoms with Crippen LogP contribution in [0.4, 0.5) is 4.79 Å². The van der Waals surface area contributed by atoms with Crippen LogP contribution in [-0.2, 0) is 11.2 Å². The molecule has 2 rings (SSSR count). The van der Waals surface area contributed by atoms with Crippen LogP contribution in [0.25, 0.3) is 0 Å². The second-order valence-corrected chi connectivity index (χ2v) is 6.56. The Bertz CT molecular complexity index is 552. The Hall–Kier alpha value is -2.08. The van der Waals surface area contributed by atoms with E-state index in [0.29, 0.717) is 19.6 Å². The second-order valence-electron chi connectivity index (χ2n) is 6.56. The predicted molar refractivity (Wildman–Crippen MR) is 97.4 cm³/mol. The fourth-order valence-corrected chi connectivity index (χ4v) is 3.25. The lowest BCUT2D eigenvalue weighted by Gasteiger charge is -2.31. The van der Waals surface area contributed by atoms with Gasteiger partial charge in [-0.25, -0.2) is 4.79 Å². The van der Waals surface area contributed by atoms with Gasteiger partial charge in [-0.1, -0.05) is 12.1 Å². The smallest absolute Gasteiger partial charge is 0.318 e. The molecule has 0 aromatic heterocycles. The number of urea groups is 1. The molecule has 1 saturated heterocycles. The first-order chi connectivity index (χ1) is 12.1. The van der Waals surface area contributed by atoms with Gasteiger partial charge in [0, 0.05) is 13.0 Å². The van der Waals surface area contributed by atoms with Gasteiger partial charge in [-0.05, 0) is 69.3 Å². The molecule has 0 bridgehead atoms. The van der Waals surface area contributed by atoms with Crippen LogP contribution >= 0.6 is 0 Å². The molecule has 6 nitrogen and oxygen atoms in total. The largest absolute Gasteiger partial charge is 0.494 e. The van der Waals surface area contributed by atoms with E-state index >= 15 is 0 Å². The zero-order valence-electron chi connectivity index (χ0n) is 15.0. The average molecular weight is 347 g/mol. The lowest BCUT2D eigenvalue weighted by molar-refractivity contribution is -0.120. The van der Waals surface area contributed by atoms with Gasteiger partial charge in [0.15, 0.2) is 0 Å². The summed E-state index contributed by atoms with van der Waals surface area (Å²) in [5, 5.41) is 2.11. The molecular weight excluding hydrogens is 318 g/mol. The first kappa shape index (κ1) is 19.2. The lowest BCUT2D eigenvalue weighted by atomic mass is 9.90. The molecule has 0 saturated carbocycles. The first-order valence-corrected chi connectivity index (χ1v) is 9.10. The average Bonchev–Trinajstić information content (AvgIpc) is 2.60. The van der Waals surface area contributed by atoms with Crippen LogP contribution in [0.15, 0.2) is 24.3 Å². The van der Waals surface area contributed by atoms with Crippen molar-refractivity contribution in [1.82, 2.24) is 10.2 Å². The number of nitrogens with zero attached hydrogens (tertiary/aromatic N) is 1. The number of amides is 3. The lowest BCUT2D eigenvalue weighted by Crippen LogP contribution is -2.39. The number of carbonyl (C=O) groups excluding carboxylic acids is 2. The third-order valence-corrected chi connectivity index (χ3v) is 4.70. The minimum atomic E-state index is -0.780. The number of piperidine rings is 1. The minimum absolute atomic E-state index is 0.301. The van der Waals surface area contributed by atoms with Gasteiger partial charge in [-0.3, -0.25) is 10.1 Å². The van der Waals surface area contributed by atoms with Crippen molar-refractivity contribution in [3.63, 3.8) is 0 Å². The van der Waals surface area contributed by atoms with E-state index in [1.165, 1.54) is 12.0 Å². The molecular formula is C19H29N3O3. The van der Waals surface area contributed by atoms with Gasteiger partial charge in [-0.2, -0.15) is 0 Å². The van der Waals surface area contributed by atoms with E-state index in [9.17, 15) is 9.59 Å². The minimum Gasteiger partial charge on any atom is -0.494 e. The van der Waals surface area contributed by atoms with Gasteiger partial charge in [-0.15, -0.1) is 0 Å². The standard InChI is InChI=1S/C19H29N3O3/c1-2-25-17-7-5-15(6-8-17)3-4-16-9-12-22(13-10-16)14-11-18(23)21-19(20)24/h5-8,16H,2-4,9-14H2,1H3,(H3,20,21,23,24). The third kappa shape index (κ3) is 7.13. The van der Waals surface area contributed by atoms with Crippen molar-refractivity contribution in [2.24, 2.45) is 11.7 Å². The zero-order valence-corrected chi connectivity index (χ0v) is 15.0. The normalized spacial score (nSPS) is 15.7. The van der Waals surface area contributed by atoms with E-state index in [0.717, 1.165) is 44.0 Å². The molecule has 1 aliphatic rings. The fraction of sp³-hybridized carbons (Fsp3) is 0.579. The Labute approximate surface area is 149 Å². The van der Waals surface area contributed by atoms with Crippen LogP contribution in [0, 0.1) is 5.92 Å². The highest BCUT2D eigenvalue weighted by atomic mass is 16.5. The molecule has 1 aliphatic heterocycles. The maximum Gasteiger partial charge on any atom is 0.318 e. The number of ether oxygens (including phenoxy) is 1. The predicted octanol–water partition coefficient (Wildman–Crippen LogP) is 2.31. The molecule has 3 N–H and O–H groups in total. The molecule has 1 aromatic rings. The highest BCUT2D eigenvalue weighted by molar-refractivity contribution is 5.93. The molecule has 1 aromatic carbocycles. The van der Waals surface area contributed by atoms with Crippen LogP contribution in [0.2, 0.25) is 0 Å². The van der Waals surface area contributed by atoms with Crippen molar-refractivity contribution in [3.8, 4) is 5.75 Å². The van der Waals surface area contributed by atoms with E-state index in [1.54, 1.807) is 0 Å². The van der Waals surface area contributed by atoms with E-state index in [-0.39, 0.29) is 5.91 Å². The number of hydrogen-bond acceptors (Lipinski definition) is 4. The third-order valence-electron chi connectivity index (χ3n) is 4.70. The van der Waals surface area contributed by atoms with Gasteiger partial charge in [0.2, 0.25) is 5.91 Å². The first-order valence-electron chi connectivity index (χ1n) is 9.10. The summed E-state index contributed by atoms with van der Waals surface area (Å²) in [4.78, 5) is 24.3. The molecule has 0 unspecified atom stereocenters. The zero-order chi connectivity index (χ0) is 18.1. The van der Waals surface area contributed by atoms with Crippen molar-refractivity contribution >= 4 is 11.9 Å². The summed E-state index contributed by atoms with van der Waals surface area (Å²) in [5.74, 6) is 1.37. The molecule has 25 heavy (non-hydrogen) atoms. The number of primary amides is 1. The number of carbonyl (C=O) groups is 2. The van der Waals surface area contributed by atoms with E-state index in [1.807, 2.05) is 19.1 Å². The van der Waals surface area contributed by atoms with Crippen LogP contribution in [-0.4, -0.2) is 43.1 Å². The molecule has 1 fully saturated rings. The Kier molecular flexibility index (Phi) is 7.73. The summed E-state index contributed by atoms with van der Waals surface area (Å²) >= 11 is 0. The summed E-state index contributed by atoms with van der Waals surface area (Å²) in [6.45, 7) is 5.40. The summed E-state index contributed by atoms with van der Waals surface area (Å²) < 4.78 is 5.47. The number of nitrogens with two attached hydrogens (primary N) is 1. The molecule has 138 valence electrons. The van der Waals surface area contributed by atoms with Crippen LogP contribution < -0.4 is 15.8 Å². The van der Waals surface area contributed by atoms with Gasteiger partial charge < -0.3 is 15.4 Å². The number of aryl methyl sites for hydroxylation is 1. The number of benzene rings is 1. The summed E-state index contributed by atoms with van der Waals surface area (Å²) in [7, 11) is 0. The fourth-order valence-electron chi connectivity index (χ4n) is 3.25. The number of nitrogens with one attached hydrogen (secondary N) is 1. The number of hydrogen-bond donors (Lipinski definition) is 2. The van der Waals surface area contributed by atoms with Crippen LogP contribution in [0.5, 0.6) is 5.75 Å². The molecule has 0 aliphatic carbocycles. The summed E-state index contributed by atoms with van der Waals surface area (Å²) in [6.07, 6.45) is 4.94. The second kappa shape index (κ2) is 10.0. The summed E-state index contributed by atoms with van der Waals surface area (Å²) in [6, 6.07) is 7.60. The van der Waals surface area contributed by atoms with Crippen molar-refractivity contribution < 1.29 is 14.3 Å². The maximum atomic E-state index is 11.4. The van der Waals surface area contributed by atoms with E-state index in [4.69, 9.17) is 10.5 Å². The quantitative estimate of drug-likeness (QED) is 0.756. The highest BCUT2D eigenvalue weighted by Crippen LogP contribution is 2.23. The van der Waals surface area contributed by atoms with Crippen molar-refractivity contribution in [1.29, 1.82) is 0 Å². The van der Waals surface area contributed by atoms with Crippen LogP contribution in [0.1, 0.15) is 38.2 Å². The van der Waals surface area contributed by atoms with Crippen LogP contribution in [0.3, 0.4) is 0 Å². The Morgan fingerprint density at radius 3 is 2.52 bits per heavy atom. The Morgan fingerprint density at radius 2 is 1.92 bits per heavy atom. The molecule has 0 atom stereocenters. The van der Waals surface area contributed by atoms with Gasteiger partial charge in [0.05, 0.1) is 6.61 Å². The van der Waals surface area contributed by atoms with E-state index < -0.39 is 6.03 Å². The highest BCUT2D eigenvalue weighted by Gasteiger charge is 2.19. The maximum absolute atomic E-state index is 11.4. The number of likely N-dealkylation sites (tertiary alicyclic amines) is 1.